The maximum Gasteiger partial charge on any atom is 0.0202 e. The van der Waals surface area contributed by atoms with Crippen LogP contribution >= 0.6 is 0 Å². The Labute approximate surface area is 65.0 Å². The van der Waals surface area contributed by atoms with E-state index in [-0.39, 0.29) is 0 Å². The molecule has 0 radical (unpaired) electrons. The van der Waals surface area contributed by atoms with Gasteiger partial charge in [0.05, 0.1) is 0 Å². The van der Waals surface area contributed by atoms with E-state index in [0.29, 0.717) is 11.8 Å². The van der Waals surface area contributed by atoms with Crippen molar-refractivity contribution in [1.82, 2.24) is 0 Å². The average Bonchev–Trinajstić information content (AvgIpc) is 1.87. The lowest BCUT2D eigenvalue weighted by Crippen LogP contribution is -2.12. The second kappa shape index (κ2) is 4.39. The van der Waals surface area contributed by atoms with Crippen LogP contribution in [0.25, 0.3) is 0 Å². The summed E-state index contributed by atoms with van der Waals surface area (Å²) in [7, 11) is 0. The summed E-state index contributed by atoms with van der Waals surface area (Å²) < 4.78 is 0. The lowest BCUT2D eigenvalue weighted by atomic mass is 9.87. The highest BCUT2D eigenvalue weighted by Gasteiger charge is 2.12. The van der Waals surface area contributed by atoms with E-state index in [4.69, 9.17) is 0 Å². The summed E-state index contributed by atoms with van der Waals surface area (Å²) >= 11 is 0. The smallest absolute Gasteiger partial charge is 0.0202 e. The predicted molar refractivity (Wildman–Crippen MR) is 46.6 cm³/mol. The molecule has 0 nitrogen and oxygen atoms in total. The van der Waals surface area contributed by atoms with E-state index < -0.39 is 0 Å². The monoisotopic (exact) mass is 138 g/mol. The van der Waals surface area contributed by atoms with Gasteiger partial charge in [0, 0.05) is 5.92 Å². The van der Waals surface area contributed by atoms with E-state index in [1.54, 1.807) is 0 Å². The van der Waals surface area contributed by atoms with Crippen LogP contribution in [-0.4, -0.2) is 0 Å². The molecule has 2 unspecified atom stereocenters. The zero-order chi connectivity index (χ0) is 8.15. The summed E-state index contributed by atoms with van der Waals surface area (Å²) in [6.07, 6.45) is 0. The third-order valence-corrected chi connectivity index (χ3v) is 2.21. The molecule has 0 aliphatic carbocycles. The summed E-state index contributed by atoms with van der Waals surface area (Å²) in [6, 6.07) is 0. The van der Waals surface area contributed by atoms with E-state index in [0.717, 1.165) is 5.92 Å². The molecule has 0 aromatic heterocycles. The van der Waals surface area contributed by atoms with Gasteiger partial charge in [0.15, 0.2) is 0 Å². The molecule has 58 valence electrons. The third-order valence-electron chi connectivity index (χ3n) is 2.21. The lowest BCUT2D eigenvalue weighted by molar-refractivity contribution is 0.351. The Morgan fingerprint density at radius 2 is 1.50 bits per heavy atom. The van der Waals surface area contributed by atoms with Crippen LogP contribution in [0.15, 0.2) is 0 Å². The Balaban J connectivity index is 3.89. The van der Waals surface area contributed by atoms with Gasteiger partial charge in [-0.25, -0.2) is 0 Å². The molecule has 0 spiro atoms. The summed E-state index contributed by atoms with van der Waals surface area (Å²) in [5, 5.41) is 0. The fraction of sp³-hybridized carbons (Fsp3) is 0.800. The Kier molecular flexibility index (Phi) is 4.19. The highest BCUT2D eigenvalue weighted by Crippen LogP contribution is 2.18. The molecule has 0 bridgehead atoms. The molecule has 0 fully saturated rings. The van der Waals surface area contributed by atoms with E-state index in [1.165, 1.54) is 0 Å². The Morgan fingerprint density at radius 3 is 1.80 bits per heavy atom. The molecular weight excluding hydrogens is 120 g/mol. The van der Waals surface area contributed by atoms with Gasteiger partial charge in [0.2, 0.25) is 0 Å². The van der Waals surface area contributed by atoms with E-state index in [1.807, 2.05) is 6.92 Å². The van der Waals surface area contributed by atoms with Crippen molar-refractivity contribution in [3.8, 4) is 11.8 Å². The standard InChI is InChI=1S/C10H18/c1-6-7-9(4)10(5)8(2)3/h8-10H,1-5H3. The first kappa shape index (κ1) is 9.56. The summed E-state index contributed by atoms with van der Waals surface area (Å²) in [6.45, 7) is 10.9. The Hall–Kier alpha value is -0.440. The molecule has 0 heteroatoms. The lowest BCUT2D eigenvalue weighted by Gasteiger charge is -2.18. The summed E-state index contributed by atoms with van der Waals surface area (Å²) in [5.41, 5.74) is 0. The van der Waals surface area contributed by atoms with Crippen molar-refractivity contribution in [3.63, 3.8) is 0 Å². The number of hydrogen-bond acceptors (Lipinski definition) is 0. The molecule has 0 aromatic carbocycles. The topological polar surface area (TPSA) is 0 Å². The predicted octanol–water partition coefficient (Wildman–Crippen LogP) is 2.94. The molecule has 0 rings (SSSR count). The highest BCUT2D eigenvalue weighted by atomic mass is 14.2. The number of rotatable bonds is 2. The van der Waals surface area contributed by atoms with Crippen LogP contribution in [0.4, 0.5) is 0 Å². The minimum atomic E-state index is 0.546. The maximum atomic E-state index is 3.18. The van der Waals surface area contributed by atoms with E-state index >= 15 is 0 Å². The zero-order valence-corrected chi connectivity index (χ0v) is 7.73. The van der Waals surface area contributed by atoms with Crippen LogP contribution in [0.5, 0.6) is 0 Å². The van der Waals surface area contributed by atoms with Gasteiger partial charge in [-0.15, -0.1) is 11.8 Å². The van der Waals surface area contributed by atoms with Crippen molar-refractivity contribution in [2.75, 3.05) is 0 Å². The summed E-state index contributed by atoms with van der Waals surface area (Å²) in [5.74, 6) is 8.14. The number of hydrogen-bond donors (Lipinski definition) is 0. The molecule has 0 aliphatic rings. The van der Waals surface area contributed by atoms with E-state index in [2.05, 4.69) is 39.5 Å². The quantitative estimate of drug-likeness (QED) is 0.515. The Bertz CT molecular complexity index is 134. The van der Waals surface area contributed by atoms with Gasteiger partial charge in [0.1, 0.15) is 0 Å². The van der Waals surface area contributed by atoms with Crippen molar-refractivity contribution in [2.24, 2.45) is 17.8 Å². The van der Waals surface area contributed by atoms with Crippen molar-refractivity contribution in [3.05, 3.63) is 0 Å². The van der Waals surface area contributed by atoms with Crippen molar-refractivity contribution in [1.29, 1.82) is 0 Å². The molecule has 2 atom stereocenters. The first-order valence-electron chi connectivity index (χ1n) is 4.01. The normalized spacial score (nSPS) is 15.8. The van der Waals surface area contributed by atoms with Crippen LogP contribution in [0.3, 0.4) is 0 Å². The molecule has 10 heavy (non-hydrogen) atoms. The van der Waals surface area contributed by atoms with Gasteiger partial charge in [-0.1, -0.05) is 27.7 Å². The molecular formula is C10H18. The first-order valence-corrected chi connectivity index (χ1v) is 4.01. The van der Waals surface area contributed by atoms with Gasteiger partial charge in [-0.3, -0.25) is 0 Å². The van der Waals surface area contributed by atoms with E-state index in [9.17, 15) is 0 Å². The highest BCUT2D eigenvalue weighted by molar-refractivity contribution is 5.01. The van der Waals surface area contributed by atoms with Crippen LogP contribution in [-0.2, 0) is 0 Å². The molecule has 0 saturated carbocycles. The molecule has 0 aliphatic heterocycles. The molecule has 0 aromatic rings. The molecule has 0 N–H and O–H groups in total. The van der Waals surface area contributed by atoms with Gasteiger partial charge in [0.25, 0.3) is 0 Å². The van der Waals surface area contributed by atoms with Gasteiger partial charge < -0.3 is 0 Å². The fourth-order valence-corrected chi connectivity index (χ4v) is 0.936. The second-order valence-corrected chi connectivity index (χ2v) is 3.29. The van der Waals surface area contributed by atoms with Gasteiger partial charge in [-0.2, -0.15) is 0 Å². The zero-order valence-electron chi connectivity index (χ0n) is 7.73. The minimum absolute atomic E-state index is 0.546. The first-order chi connectivity index (χ1) is 4.59. The summed E-state index contributed by atoms with van der Waals surface area (Å²) in [4.78, 5) is 0. The van der Waals surface area contributed by atoms with Crippen molar-refractivity contribution in [2.45, 2.75) is 34.6 Å². The van der Waals surface area contributed by atoms with Gasteiger partial charge >= 0.3 is 0 Å². The van der Waals surface area contributed by atoms with Gasteiger partial charge in [-0.05, 0) is 18.8 Å². The fourth-order valence-electron chi connectivity index (χ4n) is 0.936. The minimum Gasteiger partial charge on any atom is -0.106 e. The van der Waals surface area contributed by atoms with Crippen LogP contribution < -0.4 is 0 Å². The molecule has 0 amide bonds. The van der Waals surface area contributed by atoms with Crippen molar-refractivity contribution < 1.29 is 0 Å². The maximum absolute atomic E-state index is 3.18. The molecule has 0 saturated heterocycles. The largest absolute Gasteiger partial charge is 0.106 e. The van der Waals surface area contributed by atoms with Crippen molar-refractivity contribution >= 4 is 0 Å². The van der Waals surface area contributed by atoms with Crippen LogP contribution in [0.2, 0.25) is 0 Å². The second-order valence-electron chi connectivity index (χ2n) is 3.29. The van der Waals surface area contributed by atoms with Crippen LogP contribution in [0.1, 0.15) is 34.6 Å². The third kappa shape index (κ3) is 2.92. The SMILES string of the molecule is CC#CC(C)C(C)C(C)C. The Morgan fingerprint density at radius 1 is 1.00 bits per heavy atom. The van der Waals surface area contributed by atoms with Crippen LogP contribution in [0, 0.1) is 29.6 Å². The molecule has 0 heterocycles. The average molecular weight is 138 g/mol.